The fourth-order valence-corrected chi connectivity index (χ4v) is 3.54. The van der Waals surface area contributed by atoms with Crippen LogP contribution in [0.15, 0.2) is 24.3 Å². The minimum atomic E-state index is -0.0739. The molecule has 0 unspecified atom stereocenters. The van der Waals surface area contributed by atoms with Crippen LogP contribution in [0.25, 0.3) is 0 Å². The van der Waals surface area contributed by atoms with Crippen LogP contribution in [0.1, 0.15) is 18.6 Å². The van der Waals surface area contributed by atoms with Crippen LogP contribution in [-0.2, 0) is 9.53 Å². The number of nitrogens with zero attached hydrogens (tertiary/aromatic N) is 3. The molecule has 0 saturated carbocycles. The largest absolute Gasteiger partial charge is 0.371 e. The van der Waals surface area contributed by atoms with Crippen LogP contribution in [-0.4, -0.2) is 79.6 Å². The number of morpholine rings is 1. The minimum absolute atomic E-state index is 0.0739. The monoisotopic (exact) mass is 351 g/mol. The van der Waals surface area contributed by atoms with E-state index >= 15 is 0 Å². The predicted molar refractivity (Wildman–Crippen MR) is 95.3 cm³/mol. The van der Waals surface area contributed by atoms with Gasteiger partial charge in [0.05, 0.1) is 19.3 Å². The van der Waals surface area contributed by atoms with Crippen LogP contribution < -0.4 is 0 Å². The third-order valence-corrected chi connectivity index (χ3v) is 5.35. The Hall–Kier alpha value is -1.14. The lowest BCUT2D eigenvalue weighted by Crippen LogP contribution is -2.53. The number of ether oxygens (including phenoxy) is 1. The van der Waals surface area contributed by atoms with Gasteiger partial charge in [0.2, 0.25) is 5.91 Å². The predicted octanol–water partition coefficient (Wildman–Crippen LogP) is 1.88. The lowest BCUT2D eigenvalue weighted by atomic mass is 10.1. The second kappa shape index (κ2) is 7.83. The number of halogens is 1. The maximum atomic E-state index is 12.6. The highest BCUT2D eigenvalue weighted by Crippen LogP contribution is 2.29. The van der Waals surface area contributed by atoms with Gasteiger partial charge in [0.25, 0.3) is 0 Å². The molecular weight excluding hydrogens is 326 g/mol. The Labute approximate surface area is 149 Å². The number of amides is 1. The second-order valence-corrected chi connectivity index (χ2v) is 7.21. The van der Waals surface area contributed by atoms with Crippen molar-refractivity contribution >= 4 is 17.5 Å². The van der Waals surface area contributed by atoms with Crippen LogP contribution in [0, 0.1) is 0 Å². The molecule has 132 valence electrons. The summed E-state index contributed by atoms with van der Waals surface area (Å²) < 4.78 is 5.97. The van der Waals surface area contributed by atoms with Crippen LogP contribution in [0.5, 0.6) is 0 Å². The van der Waals surface area contributed by atoms with Gasteiger partial charge in [-0.25, -0.2) is 0 Å². The molecule has 2 fully saturated rings. The molecule has 0 bridgehead atoms. The summed E-state index contributed by atoms with van der Waals surface area (Å²) in [5.41, 5.74) is 1.00. The highest BCUT2D eigenvalue weighted by molar-refractivity contribution is 6.31. The Bertz CT molecular complexity index is 575. The first-order valence-electron chi connectivity index (χ1n) is 8.61. The lowest BCUT2D eigenvalue weighted by molar-refractivity contribution is -0.138. The standard InChI is InChI=1S/C18H26ClN3O2/c1-14-13-24-17(15-5-3-4-6-16(15)19)11-22(14)12-18(23)21-9-7-20(2)8-10-21/h3-6,14,17H,7-13H2,1-2H3/t14-,17-/m1/s1. The minimum Gasteiger partial charge on any atom is -0.371 e. The summed E-state index contributed by atoms with van der Waals surface area (Å²) in [4.78, 5) is 19.1. The quantitative estimate of drug-likeness (QED) is 0.833. The Kier molecular flexibility index (Phi) is 5.76. The number of carbonyl (C=O) groups excluding carboxylic acids is 1. The van der Waals surface area contributed by atoms with Crippen molar-refractivity contribution in [2.75, 3.05) is 52.9 Å². The first kappa shape index (κ1) is 17.7. The van der Waals surface area contributed by atoms with Crippen molar-refractivity contribution in [3.63, 3.8) is 0 Å². The Morgan fingerprint density at radius 1 is 1.25 bits per heavy atom. The van der Waals surface area contributed by atoms with Gasteiger partial charge in [-0.2, -0.15) is 0 Å². The fraction of sp³-hybridized carbons (Fsp3) is 0.611. The van der Waals surface area contributed by atoms with Crippen LogP contribution in [0.4, 0.5) is 0 Å². The molecular formula is C18H26ClN3O2. The molecule has 1 amide bonds. The number of piperazine rings is 1. The van der Waals surface area contributed by atoms with Gasteiger partial charge < -0.3 is 14.5 Å². The van der Waals surface area contributed by atoms with Gasteiger partial charge in [-0.05, 0) is 20.0 Å². The van der Waals surface area contributed by atoms with E-state index in [1.54, 1.807) is 0 Å². The third kappa shape index (κ3) is 4.09. The number of hydrogen-bond acceptors (Lipinski definition) is 4. The van der Waals surface area contributed by atoms with E-state index in [2.05, 4.69) is 23.8 Å². The molecule has 3 rings (SSSR count). The van der Waals surface area contributed by atoms with Crippen molar-refractivity contribution in [1.82, 2.24) is 14.7 Å². The molecule has 2 atom stereocenters. The van der Waals surface area contributed by atoms with Crippen molar-refractivity contribution in [1.29, 1.82) is 0 Å². The average molecular weight is 352 g/mol. The first-order chi connectivity index (χ1) is 11.5. The number of hydrogen-bond donors (Lipinski definition) is 0. The molecule has 0 radical (unpaired) electrons. The normalized spacial score (nSPS) is 26.5. The van der Waals surface area contributed by atoms with Gasteiger partial charge in [-0.3, -0.25) is 9.69 Å². The average Bonchev–Trinajstić information content (AvgIpc) is 2.58. The molecule has 6 heteroatoms. The Morgan fingerprint density at radius 3 is 2.67 bits per heavy atom. The molecule has 2 aliphatic heterocycles. The van der Waals surface area contributed by atoms with Crippen molar-refractivity contribution in [2.24, 2.45) is 0 Å². The summed E-state index contributed by atoms with van der Waals surface area (Å²) in [6.45, 7) is 7.43. The second-order valence-electron chi connectivity index (χ2n) is 6.81. The molecule has 0 aromatic heterocycles. The van der Waals surface area contributed by atoms with Gasteiger partial charge in [0.15, 0.2) is 0 Å². The lowest BCUT2D eigenvalue weighted by Gasteiger charge is -2.40. The summed E-state index contributed by atoms with van der Waals surface area (Å²) in [6.07, 6.45) is -0.0739. The van der Waals surface area contributed by atoms with E-state index in [1.807, 2.05) is 29.2 Å². The van der Waals surface area contributed by atoms with Crippen molar-refractivity contribution < 1.29 is 9.53 Å². The molecule has 1 aromatic rings. The summed E-state index contributed by atoms with van der Waals surface area (Å²) in [5, 5.41) is 0.724. The number of rotatable bonds is 3. The smallest absolute Gasteiger partial charge is 0.236 e. The Balaban J connectivity index is 1.62. The van der Waals surface area contributed by atoms with Gasteiger partial charge in [0.1, 0.15) is 0 Å². The number of likely N-dealkylation sites (N-methyl/N-ethyl adjacent to an activating group) is 1. The zero-order chi connectivity index (χ0) is 17.1. The maximum absolute atomic E-state index is 12.6. The Morgan fingerprint density at radius 2 is 1.96 bits per heavy atom. The number of benzene rings is 1. The van der Waals surface area contributed by atoms with Gasteiger partial charge in [0, 0.05) is 49.4 Å². The van der Waals surface area contributed by atoms with E-state index in [4.69, 9.17) is 16.3 Å². The van der Waals surface area contributed by atoms with E-state index in [9.17, 15) is 4.79 Å². The van der Waals surface area contributed by atoms with E-state index < -0.39 is 0 Å². The molecule has 2 aliphatic rings. The summed E-state index contributed by atoms with van der Waals surface area (Å²) >= 11 is 6.30. The third-order valence-electron chi connectivity index (χ3n) is 5.01. The molecule has 2 heterocycles. The molecule has 5 nitrogen and oxygen atoms in total. The van der Waals surface area contributed by atoms with Crippen molar-refractivity contribution in [3.8, 4) is 0 Å². The van der Waals surface area contributed by atoms with Crippen LogP contribution in [0.2, 0.25) is 5.02 Å². The van der Waals surface area contributed by atoms with Gasteiger partial charge in [-0.15, -0.1) is 0 Å². The van der Waals surface area contributed by atoms with E-state index in [0.29, 0.717) is 19.7 Å². The van der Waals surface area contributed by atoms with Crippen molar-refractivity contribution in [3.05, 3.63) is 34.9 Å². The molecule has 2 saturated heterocycles. The maximum Gasteiger partial charge on any atom is 0.236 e. The molecule has 1 aromatic carbocycles. The summed E-state index contributed by atoms with van der Waals surface area (Å²) in [5.74, 6) is 0.217. The van der Waals surface area contributed by atoms with Crippen molar-refractivity contribution in [2.45, 2.75) is 19.1 Å². The van der Waals surface area contributed by atoms with Gasteiger partial charge in [-0.1, -0.05) is 29.8 Å². The first-order valence-corrected chi connectivity index (χ1v) is 8.99. The van der Waals surface area contributed by atoms with E-state index in [0.717, 1.165) is 36.8 Å². The molecule has 0 aliphatic carbocycles. The van der Waals surface area contributed by atoms with Crippen LogP contribution >= 0.6 is 11.6 Å². The zero-order valence-corrected chi connectivity index (χ0v) is 15.2. The highest BCUT2D eigenvalue weighted by atomic mass is 35.5. The highest BCUT2D eigenvalue weighted by Gasteiger charge is 2.31. The molecule has 24 heavy (non-hydrogen) atoms. The number of carbonyl (C=O) groups is 1. The van der Waals surface area contributed by atoms with Crippen LogP contribution in [0.3, 0.4) is 0 Å². The van der Waals surface area contributed by atoms with E-state index in [-0.39, 0.29) is 18.1 Å². The SMILES string of the molecule is C[C@@H]1CO[C@@H](c2ccccc2Cl)CN1CC(=O)N1CCN(C)CC1. The fourth-order valence-electron chi connectivity index (χ4n) is 3.28. The zero-order valence-electron chi connectivity index (χ0n) is 14.4. The summed E-state index contributed by atoms with van der Waals surface area (Å²) in [6, 6.07) is 8.02. The van der Waals surface area contributed by atoms with Gasteiger partial charge >= 0.3 is 0 Å². The summed E-state index contributed by atoms with van der Waals surface area (Å²) in [7, 11) is 2.10. The van der Waals surface area contributed by atoms with E-state index in [1.165, 1.54) is 0 Å². The topological polar surface area (TPSA) is 36.0 Å². The molecule has 0 spiro atoms. The molecule has 0 N–H and O–H groups in total.